The molecule has 2 aromatic rings. The summed E-state index contributed by atoms with van der Waals surface area (Å²) in [5.41, 5.74) is 0.719. The molecule has 0 N–H and O–H groups in total. The largest absolute Gasteiger partial charge is 0.465 e. The topological polar surface area (TPSA) is 60.4 Å². The highest BCUT2D eigenvalue weighted by Crippen LogP contribution is 2.29. The lowest BCUT2D eigenvalue weighted by atomic mass is 9.90. The Labute approximate surface area is 136 Å². The standard InChI is InChI=1S/C17H13BrO4/c18-17(11-22-12-19,15(20)13-7-3-1-4-8-13)16(21)14-9-5-2-6-10-14/h1-10,12H,11H2. The molecule has 5 heteroatoms. The summed E-state index contributed by atoms with van der Waals surface area (Å²) in [6, 6.07) is 16.8. The molecule has 0 radical (unpaired) electrons. The predicted molar refractivity (Wildman–Crippen MR) is 85.2 cm³/mol. The Hall–Kier alpha value is -2.27. The van der Waals surface area contributed by atoms with Crippen LogP contribution >= 0.6 is 15.9 Å². The smallest absolute Gasteiger partial charge is 0.293 e. The Balaban J connectivity index is 2.41. The lowest BCUT2D eigenvalue weighted by molar-refractivity contribution is -0.128. The molecule has 0 atom stereocenters. The summed E-state index contributed by atoms with van der Waals surface area (Å²) in [5.74, 6) is -0.910. The van der Waals surface area contributed by atoms with Crippen molar-refractivity contribution >= 4 is 34.0 Å². The third-order valence-electron chi connectivity index (χ3n) is 3.14. The van der Waals surface area contributed by atoms with E-state index in [4.69, 9.17) is 4.74 Å². The molecule has 0 amide bonds. The number of hydrogen-bond donors (Lipinski definition) is 0. The van der Waals surface area contributed by atoms with E-state index in [-0.39, 0.29) is 13.1 Å². The molecule has 0 bridgehead atoms. The summed E-state index contributed by atoms with van der Waals surface area (Å²) in [6.07, 6.45) is 0. The van der Waals surface area contributed by atoms with Gasteiger partial charge >= 0.3 is 0 Å². The van der Waals surface area contributed by atoms with E-state index in [0.29, 0.717) is 11.1 Å². The van der Waals surface area contributed by atoms with Gasteiger partial charge in [0.25, 0.3) is 6.47 Å². The number of hydrogen-bond acceptors (Lipinski definition) is 4. The van der Waals surface area contributed by atoms with Gasteiger partial charge in [0.05, 0.1) is 0 Å². The molecule has 0 aliphatic carbocycles. The number of benzene rings is 2. The molecule has 0 saturated carbocycles. The number of ether oxygens (including phenoxy) is 1. The third kappa shape index (κ3) is 3.31. The van der Waals surface area contributed by atoms with Crippen LogP contribution in [0.2, 0.25) is 0 Å². The van der Waals surface area contributed by atoms with Crippen molar-refractivity contribution in [2.75, 3.05) is 6.61 Å². The Morgan fingerprint density at radius 3 is 1.68 bits per heavy atom. The van der Waals surface area contributed by atoms with E-state index in [9.17, 15) is 14.4 Å². The minimum Gasteiger partial charge on any atom is -0.465 e. The Morgan fingerprint density at radius 2 is 1.32 bits per heavy atom. The summed E-state index contributed by atoms with van der Waals surface area (Å²) in [4.78, 5) is 36.0. The van der Waals surface area contributed by atoms with Crippen molar-refractivity contribution in [3.05, 3.63) is 71.8 Å². The van der Waals surface area contributed by atoms with Crippen LogP contribution in [0.5, 0.6) is 0 Å². The van der Waals surface area contributed by atoms with Crippen molar-refractivity contribution in [2.45, 2.75) is 4.32 Å². The molecule has 2 rings (SSSR count). The van der Waals surface area contributed by atoms with E-state index in [0.717, 1.165) is 0 Å². The van der Waals surface area contributed by atoms with Gasteiger partial charge < -0.3 is 4.74 Å². The van der Waals surface area contributed by atoms with Crippen molar-refractivity contribution in [3.8, 4) is 0 Å². The molecule has 22 heavy (non-hydrogen) atoms. The van der Waals surface area contributed by atoms with Crippen LogP contribution in [0.25, 0.3) is 0 Å². The Morgan fingerprint density at radius 1 is 0.909 bits per heavy atom. The molecule has 0 saturated heterocycles. The molecule has 2 aromatic carbocycles. The minimum absolute atomic E-state index is 0.215. The molecule has 0 aromatic heterocycles. The first kappa shape index (κ1) is 16.1. The van der Waals surface area contributed by atoms with Crippen LogP contribution in [0.4, 0.5) is 0 Å². The zero-order valence-electron chi connectivity index (χ0n) is 11.6. The van der Waals surface area contributed by atoms with Gasteiger partial charge in [-0.05, 0) is 0 Å². The van der Waals surface area contributed by atoms with Gasteiger partial charge in [-0.25, -0.2) is 0 Å². The van der Waals surface area contributed by atoms with Crippen LogP contribution in [0.1, 0.15) is 20.7 Å². The number of ketones is 2. The fraction of sp³-hybridized carbons (Fsp3) is 0.118. The number of alkyl halides is 1. The lowest BCUT2D eigenvalue weighted by Crippen LogP contribution is -2.45. The van der Waals surface area contributed by atoms with Crippen LogP contribution in [-0.4, -0.2) is 29.0 Å². The van der Waals surface area contributed by atoms with Gasteiger partial charge in [0.2, 0.25) is 0 Å². The summed E-state index contributed by atoms with van der Waals surface area (Å²) in [7, 11) is 0. The molecule has 0 aliphatic heterocycles. The van der Waals surface area contributed by atoms with Crippen molar-refractivity contribution in [3.63, 3.8) is 0 Å². The second-order valence-electron chi connectivity index (χ2n) is 4.60. The zero-order chi connectivity index (χ0) is 16.0. The highest BCUT2D eigenvalue weighted by Gasteiger charge is 2.45. The van der Waals surface area contributed by atoms with Gasteiger partial charge in [0.1, 0.15) is 6.61 Å². The van der Waals surface area contributed by atoms with Crippen LogP contribution in [0.15, 0.2) is 60.7 Å². The number of Topliss-reactive ketones (excluding diaryl/α,β-unsaturated/α-hetero) is 2. The van der Waals surface area contributed by atoms with Crippen LogP contribution in [0, 0.1) is 0 Å². The van der Waals surface area contributed by atoms with E-state index in [1.165, 1.54) is 0 Å². The van der Waals surface area contributed by atoms with Gasteiger partial charge in [-0.15, -0.1) is 0 Å². The quantitative estimate of drug-likeness (QED) is 0.329. The molecule has 0 fully saturated rings. The molecule has 4 nitrogen and oxygen atoms in total. The summed E-state index contributed by atoms with van der Waals surface area (Å²) in [6.45, 7) is -0.162. The van der Waals surface area contributed by atoms with E-state index in [1.807, 2.05) is 0 Å². The number of halogens is 1. The molecule has 112 valence electrons. The number of carbonyl (C=O) groups excluding carboxylic acids is 3. The molecular weight excluding hydrogens is 348 g/mol. The fourth-order valence-electron chi connectivity index (χ4n) is 2.02. The van der Waals surface area contributed by atoms with Gasteiger partial charge in [-0.2, -0.15) is 0 Å². The van der Waals surface area contributed by atoms with Crippen molar-refractivity contribution < 1.29 is 19.1 Å². The van der Waals surface area contributed by atoms with Crippen molar-refractivity contribution in [1.29, 1.82) is 0 Å². The first-order chi connectivity index (χ1) is 10.6. The molecule has 0 aliphatic rings. The summed E-state index contributed by atoms with van der Waals surface area (Å²) in [5, 5.41) is 0. The van der Waals surface area contributed by atoms with Crippen LogP contribution < -0.4 is 0 Å². The highest BCUT2D eigenvalue weighted by atomic mass is 79.9. The van der Waals surface area contributed by atoms with Crippen LogP contribution in [-0.2, 0) is 9.53 Å². The first-order valence-corrected chi connectivity index (χ1v) is 7.33. The second-order valence-corrected chi connectivity index (χ2v) is 5.95. The summed E-state index contributed by atoms with van der Waals surface area (Å²) >= 11 is 3.21. The maximum atomic E-state index is 12.7. The SMILES string of the molecule is O=COCC(Br)(C(=O)c1ccccc1)C(=O)c1ccccc1. The van der Waals surface area contributed by atoms with Gasteiger partial charge in [-0.3, -0.25) is 14.4 Å². The highest BCUT2D eigenvalue weighted by molar-refractivity contribution is 9.10. The van der Waals surface area contributed by atoms with Gasteiger partial charge in [0.15, 0.2) is 15.9 Å². The van der Waals surface area contributed by atoms with Gasteiger partial charge in [-0.1, -0.05) is 76.6 Å². The van der Waals surface area contributed by atoms with E-state index in [2.05, 4.69) is 15.9 Å². The maximum Gasteiger partial charge on any atom is 0.293 e. The molecule has 0 spiro atoms. The third-order valence-corrected chi connectivity index (χ3v) is 4.09. The number of rotatable bonds is 7. The van der Waals surface area contributed by atoms with Crippen LogP contribution in [0.3, 0.4) is 0 Å². The lowest BCUT2D eigenvalue weighted by Gasteiger charge is -2.23. The predicted octanol–water partition coefficient (Wildman–Crippen LogP) is 3.06. The van der Waals surface area contributed by atoms with E-state index in [1.54, 1.807) is 60.7 Å². The van der Waals surface area contributed by atoms with E-state index < -0.39 is 15.9 Å². The fourth-order valence-corrected chi connectivity index (χ4v) is 2.61. The summed E-state index contributed by atoms with van der Waals surface area (Å²) < 4.78 is 3.07. The van der Waals surface area contributed by atoms with Crippen molar-refractivity contribution in [1.82, 2.24) is 0 Å². The Kier molecular flexibility index (Phi) is 5.22. The normalized spacial score (nSPS) is 10.8. The average molecular weight is 361 g/mol. The zero-order valence-corrected chi connectivity index (χ0v) is 13.2. The molecular formula is C17H13BrO4. The monoisotopic (exact) mass is 360 g/mol. The van der Waals surface area contributed by atoms with E-state index >= 15 is 0 Å². The minimum atomic E-state index is -1.64. The average Bonchev–Trinajstić information content (AvgIpc) is 2.59. The van der Waals surface area contributed by atoms with Crippen molar-refractivity contribution in [2.24, 2.45) is 0 Å². The second kappa shape index (κ2) is 7.13. The molecule has 0 heterocycles. The number of carbonyl (C=O) groups is 3. The molecule has 0 unspecified atom stereocenters. The first-order valence-electron chi connectivity index (χ1n) is 6.53. The Bertz CT molecular complexity index is 616. The maximum absolute atomic E-state index is 12.7. The van der Waals surface area contributed by atoms with Gasteiger partial charge in [0, 0.05) is 11.1 Å².